The largest absolute Gasteiger partial charge is 0.337 e. The van der Waals surface area contributed by atoms with Crippen LogP contribution in [-0.4, -0.2) is 58.2 Å². The molecule has 0 saturated carbocycles. The normalized spacial score (nSPS) is 16.1. The quantitative estimate of drug-likeness (QED) is 0.790. The molecule has 1 aliphatic rings. The summed E-state index contributed by atoms with van der Waals surface area (Å²) in [4.78, 5) is 16.5. The maximum Gasteiger partial charge on any atom is 0.246 e. The molecule has 120 valence electrons. The highest BCUT2D eigenvalue weighted by molar-refractivity contribution is 5.91. The standard InChI is InChI=1S/C18H22N4O/c23-18(8-7-17-5-2-1-3-6-17)21-14-11-20(12-15-21)13-16-22-10-4-9-19-22/h1-10H,11-16H2/b8-7+. The lowest BCUT2D eigenvalue weighted by Gasteiger charge is -2.34. The zero-order valence-electron chi connectivity index (χ0n) is 13.2. The van der Waals surface area contributed by atoms with E-state index in [2.05, 4.69) is 10.00 Å². The second-order valence-electron chi connectivity index (χ2n) is 5.68. The molecule has 1 saturated heterocycles. The fourth-order valence-corrected chi connectivity index (χ4v) is 2.71. The first-order valence-corrected chi connectivity index (χ1v) is 8.03. The minimum atomic E-state index is 0.0978. The molecule has 1 aromatic heterocycles. The van der Waals surface area contributed by atoms with Crippen molar-refractivity contribution in [3.05, 3.63) is 60.4 Å². The highest BCUT2D eigenvalue weighted by Gasteiger charge is 2.19. The average Bonchev–Trinajstić information content (AvgIpc) is 3.13. The summed E-state index contributed by atoms with van der Waals surface area (Å²) < 4.78 is 1.94. The maximum atomic E-state index is 12.2. The molecule has 1 aliphatic heterocycles. The molecule has 0 aliphatic carbocycles. The minimum absolute atomic E-state index is 0.0978. The molecule has 0 spiro atoms. The molecule has 3 rings (SSSR count). The Labute approximate surface area is 136 Å². The summed E-state index contributed by atoms with van der Waals surface area (Å²) in [6, 6.07) is 11.9. The first kappa shape index (κ1) is 15.5. The number of nitrogens with zero attached hydrogens (tertiary/aromatic N) is 4. The zero-order chi connectivity index (χ0) is 15.9. The Balaban J connectivity index is 1.43. The lowest BCUT2D eigenvalue weighted by molar-refractivity contribution is -0.127. The average molecular weight is 310 g/mol. The van der Waals surface area contributed by atoms with E-state index in [0.717, 1.165) is 44.8 Å². The fourth-order valence-electron chi connectivity index (χ4n) is 2.71. The second kappa shape index (κ2) is 7.74. The van der Waals surface area contributed by atoms with Gasteiger partial charge in [0.15, 0.2) is 0 Å². The molecule has 1 amide bonds. The predicted molar refractivity (Wildman–Crippen MR) is 90.7 cm³/mol. The first-order chi connectivity index (χ1) is 11.3. The van der Waals surface area contributed by atoms with E-state index in [9.17, 15) is 4.79 Å². The predicted octanol–water partition coefficient (Wildman–Crippen LogP) is 1.74. The molecule has 0 bridgehead atoms. The van der Waals surface area contributed by atoms with Gasteiger partial charge in [-0.2, -0.15) is 5.10 Å². The zero-order valence-corrected chi connectivity index (χ0v) is 13.2. The molecule has 23 heavy (non-hydrogen) atoms. The Morgan fingerprint density at radius 3 is 2.52 bits per heavy atom. The molecule has 2 aromatic rings. The van der Waals surface area contributed by atoms with Crippen molar-refractivity contribution in [1.29, 1.82) is 0 Å². The fraction of sp³-hybridized carbons (Fsp3) is 0.333. The summed E-state index contributed by atoms with van der Waals surface area (Å²) in [5.74, 6) is 0.0978. The number of hydrogen-bond donors (Lipinski definition) is 0. The van der Waals surface area contributed by atoms with Gasteiger partial charge in [-0.1, -0.05) is 30.3 Å². The van der Waals surface area contributed by atoms with Gasteiger partial charge < -0.3 is 4.90 Å². The summed E-state index contributed by atoms with van der Waals surface area (Å²) in [6.45, 7) is 5.30. The van der Waals surface area contributed by atoms with Crippen molar-refractivity contribution >= 4 is 12.0 Å². The van der Waals surface area contributed by atoms with Gasteiger partial charge >= 0.3 is 0 Å². The van der Waals surface area contributed by atoms with Crippen LogP contribution >= 0.6 is 0 Å². The first-order valence-electron chi connectivity index (χ1n) is 8.03. The third-order valence-electron chi connectivity index (χ3n) is 4.11. The third-order valence-corrected chi connectivity index (χ3v) is 4.11. The Bertz CT molecular complexity index is 628. The molecular formula is C18H22N4O. The minimum Gasteiger partial charge on any atom is -0.337 e. The topological polar surface area (TPSA) is 41.4 Å². The third kappa shape index (κ3) is 4.53. The Morgan fingerprint density at radius 1 is 1.04 bits per heavy atom. The number of benzene rings is 1. The van der Waals surface area contributed by atoms with Crippen molar-refractivity contribution in [3.63, 3.8) is 0 Å². The molecule has 0 N–H and O–H groups in total. The van der Waals surface area contributed by atoms with Crippen LogP contribution in [-0.2, 0) is 11.3 Å². The van der Waals surface area contributed by atoms with Gasteiger partial charge in [0.05, 0.1) is 6.54 Å². The highest BCUT2D eigenvalue weighted by atomic mass is 16.2. The SMILES string of the molecule is O=C(/C=C/c1ccccc1)N1CCN(CCn2cccn2)CC1. The van der Waals surface area contributed by atoms with E-state index in [1.54, 1.807) is 12.3 Å². The van der Waals surface area contributed by atoms with Crippen molar-refractivity contribution in [1.82, 2.24) is 19.6 Å². The van der Waals surface area contributed by atoms with Crippen LogP contribution in [0.2, 0.25) is 0 Å². The van der Waals surface area contributed by atoms with Crippen LogP contribution in [0.3, 0.4) is 0 Å². The molecule has 0 unspecified atom stereocenters. The van der Waals surface area contributed by atoms with Gasteiger partial charge in [0.1, 0.15) is 0 Å². The molecular weight excluding hydrogens is 288 g/mol. The summed E-state index contributed by atoms with van der Waals surface area (Å²) >= 11 is 0. The summed E-state index contributed by atoms with van der Waals surface area (Å²) in [7, 11) is 0. The van der Waals surface area contributed by atoms with E-state index in [4.69, 9.17) is 0 Å². The van der Waals surface area contributed by atoms with Crippen LogP contribution in [0.25, 0.3) is 6.08 Å². The molecule has 5 nitrogen and oxygen atoms in total. The number of piperazine rings is 1. The summed E-state index contributed by atoms with van der Waals surface area (Å²) in [5.41, 5.74) is 1.05. The van der Waals surface area contributed by atoms with E-state index >= 15 is 0 Å². The van der Waals surface area contributed by atoms with Crippen molar-refractivity contribution in [3.8, 4) is 0 Å². The highest BCUT2D eigenvalue weighted by Crippen LogP contribution is 2.06. The number of aromatic nitrogens is 2. The molecule has 2 heterocycles. The van der Waals surface area contributed by atoms with E-state index in [1.165, 1.54) is 0 Å². The van der Waals surface area contributed by atoms with Gasteiger partial charge in [0.25, 0.3) is 0 Å². The number of rotatable bonds is 5. The Morgan fingerprint density at radius 2 is 1.83 bits per heavy atom. The van der Waals surface area contributed by atoms with E-state index in [-0.39, 0.29) is 5.91 Å². The molecule has 5 heteroatoms. The van der Waals surface area contributed by atoms with Crippen LogP contribution in [0.4, 0.5) is 0 Å². The summed E-state index contributed by atoms with van der Waals surface area (Å²) in [5, 5.41) is 4.21. The lowest BCUT2D eigenvalue weighted by Crippen LogP contribution is -2.48. The number of amides is 1. The number of carbonyl (C=O) groups excluding carboxylic acids is 1. The maximum absolute atomic E-state index is 12.2. The van der Waals surface area contributed by atoms with E-state index < -0.39 is 0 Å². The molecule has 0 atom stereocenters. The van der Waals surface area contributed by atoms with Gasteiger partial charge in [-0.15, -0.1) is 0 Å². The monoisotopic (exact) mass is 310 g/mol. The Hall–Kier alpha value is -2.40. The van der Waals surface area contributed by atoms with Gasteiger partial charge in [-0.05, 0) is 17.7 Å². The Kier molecular flexibility index (Phi) is 5.21. The second-order valence-corrected chi connectivity index (χ2v) is 5.68. The number of carbonyl (C=O) groups is 1. The van der Waals surface area contributed by atoms with Gasteiger partial charge in [-0.25, -0.2) is 0 Å². The molecule has 1 fully saturated rings. The van der Waals surface area contributed by atoms with Crippen LogP contribution in [0.1, 0.15) is 5.56 Å². The summed E-state index contributed by atoms with van der Waals surface area (Å²) in [6.07, 6.45) is 7.34. The van der Waals surface area contributed by atoms with Gasteiger partial charge in [-0.3, -0.25) is 14.4 Å². The van der Waals surface area contributed by atoms with E-state index in [0.29, 0.717) is 0 Å². The van der Waals surface area contributed by atoms with Gasteiger partial charge in [0, 0.05) is 51.2 Å². The van der Waals surface area contributed by atoms with Crippen molar-refractivity contribution < 1.29 is 4.79 Å². The van der Waals surface area contributed by atoms with Crippen LogP contribution in [0, 0.1) is 0 Å². The van der Waals surface area contributed by atoms with Crippen LogP contribution in [0.5, 0.6) is 0 Å². The van der Waals surface area contributed by atoms with E-state index in [1.807, 2.05) is 58.3 Å². The van der Waals surface area contributed by atoms with Gasteiger partial charge in [0.2, 0.25) is 5.91 Å². The number of hydrogen-bond acceptors (Lipinski definition) is 3. The smallest absolute Gasteiger partial charge is 0.246 e. The van der Waals surface area contributed by atoms with Crippen molar-refractivity contribution in [2.75, 3.05) is 32.7 Å². The molecule has 1 aromatic carbocycles. The molecule has 0 radical (unpaired) electrons. The van der Waals surface area contributed by atoms with Crippen molar-refractivity contribution in [2.45, 2.75) is 6.54 Å². The van der Waals surface area contributed by atoms with Crippen LogP contribution in [0.15, 0.2) is 54.9 Å². The van der Waals surface area contributed by atoms with Crippen LogP contribution < -0.4 is 0 Å². The lowest BCUT2D eigenvalue weighted by atomic mass is 10.2. The van der Waals surface area contributed by atoms with Crippen molar-refractivity contribution in [2.24, 2.45) is 0 Å².